The van der Waals surface area contributed by atoms with Gasteiger partial charge in [0.1, 0.15) is 5.75 Å². The van der Waals surface area contributed by atoms with Crippen LogP contribution in [0.25, 0.3) is 10.8 Å². The van der Waals surface area contributed by atoms with Gasteiger partial charge in [-0.3, -0.25) is 4.79 Å². The third-order valence-electron chi connectivity index (χ3n) is 5.38. The first-order valence-electron chi connectivity index (χ1n) is 9.15. The Morgan fingerprint density at radius 1 is 1.15 bits per heavy atom. The van der Waals surface area contributed by atoms with Gasteiger partial charge in [-0.05, 0) is 61.6 Å². The van der Waals surface area contributed by atoms with E-state index in [9.17, 15) is 4.79 Å². The fourth-order valence-corrected chi connectivity index (χ4v) is 3.81. The standard InChI is InChI=1S/C21H28N2O2.ClH/c1-14(21(24)23-11-5-4-6-20(23)15(2)22)16-7-8-18-13-19(25-3)10-9-17(18)12-16;/h7-10,12-15,20H,4-6,11,22H2,1-3H3;1H. The molecule has 2 aromatic rings. The minimum atomic E-state index is -0.161. The van der Waals surface area contributed by atoms with Crippen LogP contribution in [0.1, 0.15) is 44.6 Å². The van der Waals surface area contributed by atoms with Gasteiger partial charge >= 0.3 is 0 Å². The molecule has 1 aliphatic rings. The van der Waals surface area contributed by atoms with Crippen LogP contribution in [-0.4, -0.2) is 36.5 Å². The summed E-state index contributed by atoms with van der Waals surface area (Å²) in [6.45, 7) is 4.82. The van der Waals surface area contributed by atoms with Crippen LogP contribution in [0, 0.1) is 0 Å². The van der Waals surface area contributed by atoms with Crippen molar-refractivity contribution >= 4 is 29.1 Å². The van der Waals surface area contributed by atoms with Crippen molar-refractivity contribution in [2.45, 2.75) is 51.1 Å². The van der Waals surface area contributed by atoms with E-state index in [4.69, 9.17) is 10.5 Å². The highest BCUT2D eigenvalue weighted by Gasteiger charge is 2.32. The summed E-state index contributed by atoms with van der Waals surface area (Å²) in [4.78, 5) is 15.1. The molecule has 3 unspecified atom stereocenters. The first-order valence-corrected chi connectivity index (χ1v) is 9.15. The molecule has 2 aromatic carbocycles. The molecule has 142 valence electrons. The number of amides is 1. The molecule has 1 amide bonds. The molecule has 0 saturated carbocycles. The Kier molecular flexibility index (Phi) is 6.90. The van der Waals surface area contributed by atoms with Crippen LogP contribution in [0.3, 0.4) is 0 Å². The van der Waals surface area contributed by atoms with Gasteiger partial charge in [0.2, 0.25) is 5.91 Å². The second-order valence-corrected chi connectivity index (χ2v) is 7.15. The number of rotatable bonds is 4. The van der Waals surface area contributed by atoms with Crippen LogP contribution in [0.5, 0.6) is 5.75 Å². The number of hydrogen-bond acceptors (Lipinski definition) is 3. The molecule has 0 radical (unpaired) electrons. The number of halogens is 1. The molecule has 1 heterocycles. The predicted octanol–water partition coefficient (Wildman–Crippen LogP) is 4.10. The number of nitrogens with two attached hydrogens (primary N) is 1. The lowest BCUT2D eigenvalue weighted by molar-refractivity contribution is -0.136. The van der Waals surface area contributed by atoms with E-state index in [0.717, 1.165) is 47.9 Å². The van der Waals surface area contributed by atoms with E-state index >= 15 is 0 Å². The molecule has 1 fully saturated rings. The average Bonchev–Trinajstić information content (AvgIpc) is 2.65. The van der Waals surface area contributed by atoms with Crippen molar-refractivity contribution in [3.63, 3.8) is 0 Å². The van der Waals surface area contributed by atoms with Crippen LogP contribution in [0.4, 0.5) is 0 Å². The van der Waals surface area contributed by atoms with Crippen molar-refractivity contribution in [1.29, 1.82) is 0 Å². The number of piperidine rings is 1. The average molecular weight is 377 g/mol. The molecule has 0 aromatic heterocycles. The fraction of sp³-hybridized carbons (Fsp3) is 0.476. The van der Waals surface area contributed by atoms with Crippen molar-refractivity contribution in [2.75, 3.05) is 13.7 Å². The number of hydrogen-bond donors (Lipinski definition) is 1. The number of benzene rings is 2. The summed E-state index contributed by atoms with van der Waals surface area (Å²) in [5.74, 6) is 0.873. The van der Waals surface area contributed by atoms with Crippen LogP contribution < -0.4 is 10.5 Å². The minimum absolute atomic E-state index is 0. The molecule has 3 atom stereocenters. The Morgan fingerprint density at radius 3 is 2.54 bits per heavy atom. The minimum Gasteiger partial charge on any atom is -0.497 e. The molecular formula is C21H29ClN2O2. The van der Waals surface area contributed by atoms with Gasteiger partial charge in [-0.2, -0.15) is 0 Å². The zero-order chi connectivity index (χ0) is 18.0. The van der Waals surface area contributed by atoms with Gasteiger partial charge in [0.25, 0.3) is 0 Å². The van der Waals surface area contributed by atoms with Gasteiger partial charge in [0.15, 0.2) is 0 Å². The Labute approximate surface area is 162 Å². The Balaban J connectivity index is 0.00000243. The summed E-state index contributed by atoms with van der Waals surface area (Å²) in [6.07, 6.45) is 3.23. The van der Waals surface area contributed by atoms with Crippen molar-refractivity contribution in [2.24, 2.45) is 5.73 Å². The van der Waals surface area contributed by atoms with E-state index in [1.165, 1.54) is 0 Å². The van der Waals surface area contributed by atoms with E-state index in [-0.39, 0.29) is 36.3 Å². The lowest BCUT2D eigenvalue weighted by atomic mass is 9.92. The maximum atomic E-state index is 13.1. The van der Waals surface area contributed by atoms with Gasteiger partial charge in [0.05, 0.1) is 13.0 Å². The van der Waals surface area contributed by atoms with Crippen LogP contribution in [0.2, 0.25) is 0 Å². The molecule has 0 bridgehead atoms. The number of carbonyl (C=O) groups excluding carboxylic acids is 1. The second kappa shape index (κ2) is 8.74. The molecule has 1 saturated heterocycles. The molecular weight excluding hydrogens is 348 g/mol. The van der Waals surface area contributed by atoms with Crippen molar-refractivity contribution in [3.05, 3.63) is 42.0 Å². The zero-order valence-electron chi connectivity index (χ0n) is 15.8. The number of methoxy groups -OCH3 is 1. The second-order valence-electron chi connectivity index (χ2n) is 7.15. The molecule has 3 rings (SSSR count). The summed E-state index contributed by atoms with van der Waals surface area (Å²) in [5, 5.41) is 2.24. The van der Waals surface area contributed by atoms with Gasteiger partial charge in [-0.15, -0.1) is 12.4 Å². The molecule has 0 aliphatic carbocycles. The number of nitrogens with zero attached hydrogens (tertiary/aromatic N) is 1. The van der Waals surface area contributed by atoms with Crippen molar-refractivity contribution in [3.8, 4) is 5.75 Å². The summed E-state index contributed by atoms with van der Waals surface area (Å²) >= 11 is 0. The van der Waals surface area contributed by atoms with Gasteiger partial charge in [-0.1, -0.05) is 24.3 Å². The third-order valence-corrected chi connectivity index (χ3v) is 5.38. The summed E-state index contributed by atoms with van der Waals surface area (Å²) in [5.41, 5.74) is 7.18. The number of fused-ring (bicyclic) bond motifs is 1. The Hall–Kier alpha value is -1.78. The highest BCUT2D eigenvalue weighted by atomic mass is 35.5. The van der Waals surface area contributed by atoms with Gasteiger partial charge in [0, 0.05) is 18.6 Å². The molecule has 4 nitrogen and oxygen atoms in total. The lowest BCUT2D eigenvalue weighted by Crippen LogP contribution is -2.52. The predicted molar refractivity (Wildman–Crippen MR) is 109 cm³/mol. The summed E-state index contributed by atoms with van der Waals surface area (Å²) in [6, 6.07) is 12.4. The Bertz CT molecular complexity index is 763. The van der Waals surface area contributed by atoms with E-state index < -0.39 is 0 Å². The SMILES string of the molecule is COc1ccc2cc(C(C)C(=O)N3CCCCC3C(C)N)ccc2c1.Cl. The number of carbonyl (C=O) groups is 1. The molecule has 26 heavy (non-hydrogen) atoms. The number of likely N-dealkylation sites (tertiary alicyclic amines) is 1. The summed E-state index contributed by atoms with van der Waals surface area (Å²) < 4.78 is 5.28. The van der Waals surface area contributed by atoms with E-state index in [2.05, 4.69) is 18.2 Å². The van der Waals surface area contributed by atoms with Crippen molar-refractivity contribution < 1.29 is 9.53 Å². The van der Waals surface area contributed by atoms with Crippen molar-refractivity contribution in [1.82, 2.24) is 4.90 Å². The lowest BCUT2D eigenvalue weighted by Gasteiger charge is -2.39. The normalized spacial score (nSPS) is 19.5. The smallest absolute Gasteiger partial charge is 0.230 e. The number of ether oxygens (including phenoxy) is 1. The first-order chi connectivity index (χ1) is 12.0. The maximum Gasteiger partial charge on any atom is 0.230 e. The zero-order valence-corrected chi connectivity index (χ0v) is 16.6. The fourth-order valence-electron chi connectivity index (χ4n) is 3.81. The molecule has 1 aliphatic heterocycles. The quantitative estimate of drug-likeness (QED) is 0.873. The molecule has 5 heteroatoms. The highest BCUT2D eigenvalue weighted by Crippen LogP contribution is 2.28. The molecule has 2 N–H and O–H groups in total. The van der Waals surface area contributed by atoms with E-state index in [1.54, 1.807) is 7.11 Å². The van der Waals surface area contributed by atoms with Crippen LogP contribution in [-0.2, 0) is 4.79 Å². The van der Waals surface area contributed by atoms with Gasteiger partial charge < -0.3 is 15.4 Å². The van der Waals surface area contributed by atoms with E-state index in [0.29, 0.717) is 0 Å². The highest BCUT2D eigenvalue weighted by molar-refractivity contribution is 5.88. The van der Waals surface area contributed by atoms with Gasteiger partial charge in [-0.25, -0.2) is 0 Å². The van der Waals surface area contributed by atoms with Crippen LogP contribution >= 0.6 is 12.4 Å². The van der Waals surface area contributed by atoms with E-state index in [1.807, 2.05) is 36.9 Å². The topological polar surface area (TPSA) is 55.6 Å². The van der Waals surface area contributed by atoms with Crippen LogP contribution in [0.15, 0.2) is 36.4 Å². The maximum absolute atomic E-state index is 13.1. The summed E-state index contributed by atoms with van der Waals surface area (Å²) in [7, 11) is 1.67. The Morgan fingerprint density at radius 2 is 1.85 bits per heavy atom. The third kappa shape index (κ3) is 4.13. The largest absolute Gasteiger partial charge is 0.497 e. The molecule has 0 spiro atoms. The monoisotopic (exact) mass is 376 g/mol. The first kappa shape index (κ1) is 20.5.